The highest BCUT2D eigenvalue weighted by atomic mass is 32.2. The Balaban J connectivity index is 2.09. The quantitative estimate of drug-likeness (QED) is 0.503. The van der Waals surface area contributed by atoms with Gasteiger partial charge in [0.25, 0.3) is 0 Å². The number of hydrogen-bond donors (Lipinski definition) is 2. The molecule has 0 bridgehead atoms. The summed E-state index contributed by atoms with van der Waals surface area (Å²) in [6, 6.07) is 11.9. The molecule has 3 nitrogen and oxygen atoms in total. The number of thioether (sulfide) groups is 1. The van der Waals surface area contributed by atoms with Gasteiger partial charge >= 0.3 is 0 Å². The van der Waals surface area contributed by atoms with Crippen LogP contribution in [0.1, 0.15) is 16.7 Å². The zero-order valence-corrected chi connectivity index (χ0v) is 11.0. The molecule has 1 aromatic carbocycles. The molecule has 1 aromatic heterocycles. The maximum absolute atomic E-state index is 7.40. The van der Waals surface area contributed by atoms with E-state index in [0.29, 0.717) is 0 Å². The Kier molecular flexibility index (Phi) is 3.99. The topological polar surface area (TPSA) is 62.8 Å². The van der Waals surface area contributed by atoms with Gasteiger partial charge in [-0.2, -0.15) is 0 Å². The van der Waals surface area contributed by atoms with E-state index >= 15 is 0 Å². The fraction of sp³-hybridized carbons (Fsp3) is 0.143. The van der Waals surface area contributed by atoms with Crippen molar-refractivity contribution in [2.45, 2.75) is 17.7 Å². The van der Waals surface area contributed by atoms with E-state index in [1.54, 1.807) is 24.0 Å². The average Bonchev–Trinajstić information content (AvgIpc) is 2.38. The van der Waals surface area contributed by atoms with Crippen LogP contribution < -0.4 is 5.73 Å². The Bertz CT molecular complexity index is 566. The summed E-state index contributed by atoms with van der Waals surface area (Å²) >= 11 is 1.66. The smallest absolute Gasteiger partial charge is 0.122 e. The molecule has 0 aliphatic heterocycles. The summed E-state index contributed by atoms with van der Waals surface area (Å²) in [5.74, 6) is 0.955. The lowest BCUT2D eigenvalue weighted by molar-refractivity contribution is 1.12. The number of nitrogen functional groups attached to an aromatic ring is 1. The highest BCUT2D eigenvalue weighted by molar-refractivity contribution is 7.98. The van der Waals surface area contributed by atoms with Crippen LogP contribution in [0, 0.1) is 12.3 Å². The predicted octanol–water partition coefficient (Wildman–Crippen LogP) is 2.97. The van der Waals surface area contributed by atoms with Crippen molar-refractivity contribution in [3.05, 3.63) is 59.3 Å². The minimum absolute atomic E-state index is 0.0788. The zero-order chi connectivity index (χ0) is 13.0. The van der Waals surface area contributed by atoms with E-state index < -0.39 is 0 Å². The second kappa shape index (κ2) is 5.69. The lowest BCUT2D eigenvalue weighted by atomic mass is 10.1. The lowest BCUT2D eigenvalue weighted by Gasteiger charge is -2.05. The van der Waals surface area contributed by atoms with Gasteiger partial charge in [-0.15, -0.1) is 11.8 Å². The van der Waals surface area contributed by atoms with Crippen LogP contribution in [0.2, 0.25) is 0 Å². The largest absolute Gasteiger partial charge is 0.384 e. The number of nitrogens with one attached hydrogen (secondary N) is 1. The third kappa shape index (κ3) is 3.11. The Morgan fingerprint density at radius 3 is 2.83 bits per heavy atom. The molecule has 4 heteroatoms. The highest BCUT2D eigenvalue weighted by Crippen LogP contribution is 2.22. The molecular weight excluding hydrogens is 242 g/mol. The summed E-state index contributed by atoms with van der Waals surface area (Å²) in [7, 11) is 0. The molecule has 3 N–H and O–H groups in total. The van der Waals surface area contributed by atoms with Crippen LogP contribution in [0.3, 0.4) is 0 Å². The monoisotopic (exact) mass is 257 g/mol. The summed E-state index contributed by atoms with van der Waals surface area (Å²) in [6.45, 7) is 2.11. The van der Waals surface area contributed by atoms with Gasteiger partial charge in [0.2, 0.25) is 0 Å². The molecule has 1 heterocycles. The van der Waals surface area contributed by atoms with Crippen LogP contribution in [0.4, 0.5) is 0 Å². The molecule has 0 fully saturated rings. The van der Waals surface area contributed by atoms with Crippen molar-refractivity contribution in [3.8, 4) is 0 Å². The van der Waals surface area contributed by atoms with E-state index in [1.165, 1.54) is 11.1 Å². The summed E-state index contributed by atoms with van der Waals surface area (Å²) in [6.07, 6.45) is 1.69. The number of nitrogens with zero attached hydrogens (tertiary/aromatic N) is 1. The van der Waals surface area contributed by atoms with E-state index in [4.69, 9.17) is 11.1 Å². The predicted molar refractivity (Wildman–Crippen MR) is 76.0 cm³/mol. The van der Waals surface area contributed by atoms with Crippen molar-refractivity contribution in [2.24, 2.45) is 5.73 Å². The molecule has 0 saturated carbocycles. The van der Waals surface area contributed by atoms with Crippen LogP contribution in [0.25, 0.3) is 0 Å². The maximum atomic E-state index is 7.40. The molecule has 0 spiro atoms. The molecule has 0 unspecified atom stereocenters. The highest BCUT2D eigenvalue weighted by Gasteiger charge is 2.02. The van der Waals surface area contributed by atoms with Crippen LogP contribution >= 0.6 is 11.8 Å². The number of aromatic nitrogens is 1. The van der Waals surface area contributed by atoms with Crippen LogP contribution in [-0.2, 0) is 5.75 Å². The van der Waals surface area contributed by atoms with Gasteiger partial charge in [0.15, 0.2) is 0 Å². The first kappa shape index (κ1) is 12.6. The lowest BCUT2D eigenvalue weighted by Crippen LogP contribution is -2.11. The van der Waals surface area contributed by atoms with E-state index in [2.05, 4.69) is 24.0 Å². The van der Waals surface area contributed by atoms with Gasteiger partial charge in [0.05, 0.1) is 5.03 Å². The Morgan fingerprint density at radius 1 is 1.33 bits per heavy atom. The summed E-state index contributed by atoms with van der Waals surface area (Å²) in [4.78, 5) is 4.28. The fourth-order valence-electron chi connectivity index (χ4n) is 1.58. The van der Waals surface area contributed by atoms with E-state index in [9.17, 15) is 0 Å². The molecule has 0 atom stereocenters. The average molecular weight is 257 g/mol. The van der Waals surface area contributed by atoms with Crippen molar-refractivity contribution in [3.63, 3.8) is 0 Å². The van der Waals surface area contributed by atoms with Gasteiger partial charge in [-0.1, -0.05) is 24.3 Å². The molecule has 2 rings (SSSR count). The molecule has 2 aromatic rings. The molecule has 0 radical (unpaired) electrons. The van der Waals surface area contributed by atoms with Crippen molar-refractivity contribution in [1.29, 1.82) is 5.41 Å². The summed E-state index contributed by atoms with van der Waals surface area (Å²) in [5, 5.41) is 8.30. The number of amidine groups is 1. The standard InChI is InChI=1S/C14H15N3S/c1-10-4-2-3-5-12(10)9-18-13-8-11(14(15)16)6-7-17-13/h2-8H,9H2,1H3,(H3,15,16). The normalized spacial score (nSPS) is 10.3. The van der Waals surface area contributed by atoms with Gasteiger partial charge in [-0.05, 0) is 30.2 Å². The number of benzene rings is 1. The molecule has 0 saturated heterocycles. The second-order valence-electron chi connectivity index (χ2n) is 4.01. The molecule has 0 amide bonds. The van der Waals surface area contributed by atoms with Crippen molar-refractivity contribution >= 4 is 17.6 Å². The minimum Gasteiger partial charge on any atom is -0.384 e. The van der Waals surface area contributed by atoms with Gasteiger partial charge in [0.1, 0.15) is 5.84 Å². The van der Waals surface area contributed by atoms with Crippen molar-refractivity contribution < 1.29 is 0 Å². The van der Waals surface area contributed by atoms with Crippen LogP contribution in [0.15, 0.2) is 47.6 Å². The van der Waals surface area contributed by atoms with E-state index in [-0.39, 0.29) is 5.84 Å². The van der Waals surface area contributed by atoms with E-state index in [0.717, 1.165) is 16.3 Å². The van der Waals surface area contributed by atoms with Gasteiger partial charge in [0, 0.05) is 17.5 Å². The molecule has 92 valence electrons. The van der Waals surface area contributed by atoms with Crippen LogP contribution in [-0.4, -0.2) is 10.8 Å². The molecule has 0 aliphatic carbocycles. The number of aryl methyl sites for hydroxylation is 1. The Hall–Kier alpha value is -1.81. The Morgan fingerprint density at radius 2 is 2.11 bits per heavy atom. The van der Waals surface area contributed by atoms with Crippen LogP contribution in [0.5, 0.6) is 0 Å². The maximum Gasteiger partial charge on any atom is 0.122 e. The fourth-order valence-corrected chi connectivity index (χ4v) is 2.55. The second-order valence-corrected chi connectivity index (χ2v) is 5.01. The van der Waals surface area contributed by atoms with Gasteiger partial charge in [-0.25, -0.2) is 4.98 Å². The number of pyridine rings is 1. The molecule has 0 aliphatic rings. The number of rotatable bonds is 4. The van der Waals surface area contributed by atoms with Gasteiger partial charge in [-0.3, -0.25) is 5.41 Å². The number of hydrogen-bond acceptors (Lipinski definition) is 3. The molecular formula is C14H15N3S. The van der Waals surface area contributed by atoms with E-state index in [1.807, 2.05) is 18.2 Å². The summed E-state index contributed by atoms with van der Waals surface area (Å²) < 4.78 is 0. The SMILES string of the molecule is Cc1ccccc1CSc1cc(C(=N)N)ccn1. The third-order valence-electron chi connectivity index (χ3n) is 2.68. The Labute approximate surface area is 111 Å². The first-order chi connectivity index (χ1) is 8.66. The first-order valence-electron chi connectivity index (χ1n) is 5.64. The third-order valence-corrected chi connectivity index (χ3v) is 3.66. The van der Waals surface area contributed by atoms with Crippen molar-refractivity contribution in [1.82, 2.24) is 4.98 Å². The molecule has 18 heavy (non-hydrogen) atoms. The minimum atomic E-state index is 0.0788. The zero-order valence-electron chi connectivity index (χ0n) is 10.2. The first-order valence-corrected chi connectivity index (χ1v) is 6.63. The summed E-state index contributed by atoms with van der Waals surface area (Å²) in [5.41, 5.74) is 8.77. The van der Waals surface area contributed by atoms with Crippen molar-refractivity contribution in [2.75, 3.05) is 0 Å². The number of nitrogens with two attached hydrogens (primary N) is 1. The van der Waals surface area contributed by atoms with Gasteiger partial charge < -0.3 is 5.73 Å².